The van der Waals surface area contributed by atoms with Gasteiger partial charge in [0.2, 0.25) is 5.78 Å². The second-order valence-corrected chi connectivity index (χ2v) is 6.89. The van der Waals surface area contributed by atoms with E-state index >= 15 is 0 Å². The van der Waals surface area contributed by atoms with Crippen LogP contribution < -0.4 is 5.32 Å². The summed E-state index contributed by atoms with van der Waals surface area (Å²) in [6.45, 7) is 0. The number of nitrogens with one attached hydrogen (secondary N) is 2. The molecule has 0 saturated heterocycles. The van der Waals surface area contributed by atoms with Crippen LogP contribution in [0.25, 0.3) is 16.8 Å². The first-order valence-electron chi connectivity index (χ1n) is 8.29. The Balaban J connectivity index is 1.60. The maximum Gasteiger partial charge on any atom is 0.272 e. The number of thioether (sulfide) groups is 1. The molecular weight excluding hydrogens is 348 g/mol. The molecule has 1 amide bonds. The number of nitrogens with zero attached hydrogens (tertiary/aromatic N) is 4. The number of aromatic amines is 1. The summed E-state index contributed by atoms with van der Waals surface area (Å²) in [6, 6.07) is 9.44. The molecule has 132 valence electrons. The average molecular weight is 366 g/mol. The van der Waals surface area contributed by atoms with Crippen molar-refractivity contribution in [3.8, 4) is 0 Å². The third kappa shape index (κ3) is 3.28. The predicted octanol–water partition coefficient (Wildman–Crippen LogP) is 2.83. The van der Waals surface area contributed by atoms with Crippen LogP contribution in [0, 0.1) is 0 Å². The molecule has 0 saturated carbocycles. The first-order chi connectivity index (χ1) is 12.7. The molecule has 0 radical (unpaired) electrons. The molecule has 0 aliphatic carbocycles. The summed E-state index contributed by atoms with van der Waals surface area (Å²) in [5.41, 5.74) is 2.19. The molecule has 1 atom stereocenters. The molecule has 26 heavy (non-hydrogen) atoms. The Morgan fingerprint density at radius 2 is 2.19 bits per heavy atom. The van der Waals surface area contributed by atoms with Crippen molar-refractivity contribution in [2.75, 3.05) is 12.0 Å². The van der Waals surface area contributed by atoms with Gasteiger partial charge in [0.25, 0.3) is 5.91 Å². The monoisotopic (exact) mass is 366 g/mol. The van der Waals surface area contributed by atoms with E-state index < -0.39 is 0 Å². The third-order valence-corrected chi connectivity index (χ3v) is 4.77. The topological polar surface area (TPSA) is 88.0 Å². The predicted molar refractivity (Wildman–Crippen MR) is 102 cm³/mol. The molecule has 0 unspecified atom stereocenters. The molecule has 4 aromatic rings. The zero-order valence-electron chi connectivity index (χ0n) is 14.2. The van der Waals surface area contributed by atoms with Gasteiger partial charge in [0.05, 0.1) is 17.1 Å². The van der Waals surface area contributed by atoms with Crippen molar-refractivity contribution in [1.29, 1.82) is 0 Å². The third-order valence-electron chi connectivity index (χ3n) is 4.12. The minimum atomic E-state index is -0.234. The van der Waals surface area contributed by atoms with Crippen molar-refractivity contribution >= 4 is 34.5 Å². The van der Waals surface area contributed by atoms with Gasteiger partial charge in [0, 0.05) is 18.6 Å². The summed E-state index contributed by atoms with van der Waals surface area (Å²) in [4.78, 5) is 29.1. The fraction of sp³-hybridized carbons (Fsp3) is 0.222. The van der Waals surface area contributed by atoms with Crippen LogP contribution in [0.2, 0.25) is 0 Å². The van der Waals surface area contributed by atoms with E-state index in [9.17, 15) is 4.79 Å². The standard InChI is InChI=1S/C18H18N6OS/c1-26-10-7-14(16-20-12-5-2-3-6-13(12)21-16)22-17(25)15-11-24-9-4-8-19-18(24)23-15/h2-6,8-9,11,14H,7,10H2,1H3,(H,20,21)(H,22,25)/t14-/m1/s1. The molecule has 0 aliphatic rings. The molecule has 7 nitrogen and oxygen atoms in total. The van der Waals surface area contributed by atoms with Crippen LogP contribution in [-0.2, 0) is 0 Å². The molecule has 8 heteroatoms. The number of H-pyrrole nitrogens is 1. The normalized spacial score (nSPS) is 12.5. The number of rotatable bonds is 6. The van der Waals surface area contributed by atoms with E-state index in [-0.39, 0.29) is 11.9 Å². The highest BCUT2D eigenvalue weighted by Crippen LogP contribution is 2.20. The number of carbonyl (C=O) groups is 1. The molecule has 3 aromatic heterocycles. The van der Waals surface area contributed by atoms with Gasteiger partial charge in [-0.2, -0.15) is 11.8 Å². The van der Waals surface area contributed by atoms with Crippen LogP contribution in [0.3, 0.4) is 0 Å². The minimum Gasteiger partial charge on any atom is -0.341 e. The van der Waals surface area contributed by atoms with Gasteiger partial charge >= 0.3 is 0 Å². The van der Waals surface area contributed by atoms with E-state index in [0.29, 0.717) is 11.5 Å². The summed E-state index contributed by atoms with van der Waals surface area (Å²) < 4.78 is 1.73. The molecule has 0 fully saturated rings. The smallest absolute Gasteiger partial charge is 0.272 e. The van der Waals surface area contributed by atoms with E-state index in [4.69, 9.17) is 0 Å². The van der Waals surface area contributed by atoms with Crippen LogP contribution in [0.15, 0.2) is 48.9 Å². The first kappa shape index (κ1) is 16.6. The zero-order chi connectivity index (χ0) is 17.9. The number of amides is 1. The van der Waals surface area contributed by atoms with Gasteiger partial charge < -0.3 is 10.3 Å². The van der Waals surface area contributed by atoms with Crippen LogP contribution in [0.5, 0.6) is 0 Å². The summed E-state index contributed by atoms with van der Waals surface area (Å²) in [5, 5.41) is 3.06. The van der Waals surface area contributed by atoms with Crippen molar-refractivity contribution < 1.29 is 4.79 Å². The Hall–Kier alpha value is -2.87. The van der Waals surface area contributed by atoms with Gasteiger partial charge in [-0.1, -0.05) is 12.1 Å². The molecule has 3 heterocycles. The number of para-hydroxylation sites is 2. The lowest BCUT2D eigenvalue weighted by atomic mass is 10.2. The van der Waals surface area contributed by atoms with E-state index in [1.54, 1.807) is 34.6 Å². The summed E-state index contributed by atoms with van der Waals surface area (Å²) >= 11 is 1.74. The number of imidazole rings is 2. The molecule has 0 bridgehead atoms. The largest absolute Gasteiger partial charge is 0.341 e. The number of hydrogen-bond donors (Lipinski definition) is 2. The lowest BCUT2D eigenvalue weighted by Gasteiger charge is -2.15. The van der Waals surface area contributed by atoms with Crippen LogP contribution in [0.4, 0.5) is 0 Å². The quantitative estimate of drug-likeness (QED) is 0.548. The molecule has 4 rings (SSSR count). The van der Waals surface area contributed by atoms with E-state index in [1.807, 2.05) is 36.7 Å². The van der Waals surface area contributed by atoms with Gasteiger partial charge in [-0.05, 0) is 36.6 Å². The summed E-state index contributed by atoms with van der Waals surface area (Å²) in [7, 11) is 0. The van der Waals surface area contributed by atoms with Gasteiger partial charge in [-0.25, -0.2) is 15.0 Å². The zero-order valence-corrected chi connectivity index (χ0v) is 15.0. The number of hydrogen-bond acceptors (Lipinski definition) is 5. The first-order valence-corrected chi connectivity index (χ1v) is 9.68. The molecule has 1 aromatic carbocycles. The number of fused-ring (bicyclic) bond motifs is 2. The van der Waals surface area contributed by atoms with Gasteiger partial charge in [-0.3, -0.25) is 9.20 Å². The maximum atomic E-state index is 12.7. The second-order valence-electron chi connectivity index (χ2n) is 5.90. The van der Waals surface area contributed by atoms with Crippen molar-refractivity contribution in [2.24, 2.45) is 0 Å². The lowest BCUT2D eigenvalue weighted by molar-refractivity contribution is 0.0929. The number of carbonyl (C=O) groups excluding carboxylic acids is 1. The fourth-order valence-electron chi connectivity index (χ4n) is 2.82. The highest BCUT2D eigenvalue weighted by Gasteiger charge is 2.20. The molecule has 2 N–H and O–H groups in total. The highest BCUT2D eigenvalue weighted by molar-refractivity contribution is 7.98. The van der Waals surface area contributed by atoms with Crippen LogP contribution in [0.1, 0.15) is 28.8 Å². The number of aromatic nitrogens is 5. The number of benzene rings is 1. The van der Waals surface area contributed by atoms with Crippen molar-refractivity contribution in [2.45, 2.75) is 12.5 Å². The molecular formula is C18H18N6OS. The minimum absolute atomic E-state index is 0.208. The molecule has 0 spiro atoms. The Morgan fingerprint density at radius 3 is 3.00 bits per heavy atom. The maximum absolute atomic E-state index is 12.7. The Kier molecular flexibility index (Phi) is 4.57. The highest BCUT2D eigenvalue weighted by atomic mass is 32.2. The second kappa shape index (κ2) is 7.17. The Labute approximate surface area is 154 Å². The van der Waals surface area contributed by atoms with E-state index in [1.165, 1.54) is 0 Å². The van der Waals surface area contributed by atoms with E-state index in [0.717, 1.165) is 29.0 Å². The van der Waals surface area contributed by atoms with Gasteiger partial charge in [0.15, 0.2) is 0 Å². The van der Waals surface area contributed by atoms with Crippen molar-refractivity contribution in [3.05, 3.63) is 60.4 Å². The van der Waals surface area contributed by atoms with Crippen LogP contribution in [-0.4, -0.2) is 42.3 Å². The lowest BCUT2D eigenvalue weighted by Crippen LogP contribution is -2.30. The summed E-state index contributed by atoms with van der Waals surface area (Å²) in [6.07, 6.45) is 7.97. The van der Waals surface area contributed by atoms with Crippen LogP contribution >= 0.6 is 11.8 Å². The fourth-order valence-corrected chi connectivity index (χ4v) is 3.29. The Bertz CT molecular complexity index is 990. The van der Waals surface area contributed by atoms with E-state index in [2.05, 4.69) is 25.3 Å². The average Bonchev–Trinajstić information content (AvgIpc) is 3.28. The van der Waals surface area contributed by atoms with Gasteiger partial charge in [-0.15, -0.1) is 0 Å². The molecule has 0 aliphatic heterocycles. The Morgan fingerprint density at radius 1 is 1.31 bits per heavy atom. The summed E-state index contributed by atoms with van der Waals surface area (Å²) in [5.74, 6) is 1.94. The van der Waals surface area contributed by atoms with Crippen molar-refractivity contribution in [3.63, 3.8) is 0 Å². The van der Waals surface area contributed by atoms with Gasteiger partial charge in [0.1, 0.15) is 11.5 Å². The SMILES string of the molecule is CSCC[C@@H](NC(=O)c1cn2cccnc2n1)c1nc2ccccc2[nH]1. The van der Waals surface area contributed by atoms with Crippen molar-refractivity contribution in [1.82, 2.24) is 29.7 Å².